The van der Waals surface area contributed by atoms with Gasteiger partial charge in [-0.1, -0.05) is 60.5 Å². The van der Waals surface area contributed by atoms with E-state index < -0.39 is 82.3 Å². The molecule has 4 N–H and O–H groups in total. The first kappa shape index (κ1) is 38.2. The van der Waals surface area contributed by atoms with Gasteiger partial charge in [-0.05, 0) is 29.6 Å². The predicted molar refractivity (Wildman–Crippen MR) is 176 cm³/mol. The van der Waals surface area contributed by atoms with Crippen LogP contribution in [-0.4, -0.2) is 108 Å². The SMILES string of the molecule is C#CC1C[C@@H](C(=O)NC(CC2CC2)C(=O)C(=O)NCC=C)N(C(=O)[C@@H](NC(=O)N[C@H](CN2C(=O)COCC2=O)C(C)(C)C)C(C)(C)C)C1. The van der Waals surface area contributed by atoms with Gasteiger partial charge in [-0.2, -0.15) is 0 Å². The number of Topliss-reactive ketones (excluding diaryl/α,β-unsaturated/α-hetero) is 1. The number of nitrogens with one attached hydrogen (secondary N) is 4. The lowest BCUT2D eigenvalue weighted by Crippen LogP contribution is -2.62. The summed E-state index contributed by atoms with van der Waals surface area (Å²) >= 11 is 0. The topological polar surface area (TPSA) is 183 Å². The van der Waals surface area contributed by atoms with Gasteiger partial charge in [0.2, 0.25) is 17.6 Å². The molecule has 3 aliphatic rings. The van der Waals surface area contributed by atoms with Gasteiger partial charge >= 0.3 is 6.03 Å². The number of hydrogen-bond acceptors (Lipinski definition) is 8. The molecule has 48 heavy (non-hydrogen) atoms. The zero-order valence-electron chi connectivity index (χ0n) is 28.9. The van der Waals surface area contributed by atoms with Crippen molar-refractivity contribution in [3.8, 4) is 12.3 Å². The molecular weight excluding hydrogens is 620 g/mol. The molecule has 0 aromatic heterocycles. The quantitative estimate of drug-likeness (QED) is 0.0946. The van der Waals surface area contributed by atoms with Crippen molar-refractivity contribution in [2.75, 3.05) is 32.8 Å². The number of hydrogen-bond donors (Lipinski definition) is 4. The van der Waals surface area contributed by atoms with Gasteiger partial charge in [0.25, 0.3) is 17.7 Å². The first-order chi connectivity index (χ1) is 22.4. The molecule has 14 nitrogen and oxygen atoms in total. The van der Waals surface area contributed by atoms with Crippen molar-refractivity contribution in [2.24, 2.45) is 22.7 Å². The Labute approximate surface area is 282 Å². The van der Waals surface area contributed by atoms with E-state index in [1.165, 1.54) is 11.0 Å². The first-order valence-electron chi connectivity index (χ1n) is 16.3. The van der Waals surface area contributed by atoms with E-state index in [2.05, 4.69) is 33.8 Å². The van der Waals surface area contributed by atoms with Crippen molar-refractivity contribution in [2.45, 2.75) is 91.4 Å². The van der Waals surface area contributed by atoms with E-state index in [-0.39, 0.29) is 45.2 Å². The molecule has 1 saturated carbocycles. The monoisotopic (exact) mass is 670 g/mol. The van der Waals surface area contributed by atoms with E-state index >= 15 is 0 Å². The molecule has 2 aliphatic heterocycles. The van der Waals surface area contributed by atoms with Gasteiger partial charge in [-0.15, -0.1) is 18.9 Å². The molecule has 5 atom stereocenters. The molecule has 1 aliphatic carbocycles. The smallest absolute Gasteiger partial charge is 0.315 e. The molecule has 2 unspecified atom stereocenters. The molecule has 0 aromatic rings. The van der Waals surface area contributed by atoms with Gasteiger partial charge in [-0.25, -0.2) is 4.79 Å². The van der Waals surface area contributed by atoms with Crippen LogP contribution in [0.1, 0.15) is 67.2 Å². The highest BCUT2D eigenvalue weighted by atomic mass is 16.5. The van der Waals surface area contributed by atoms with Crippen LogP contribution in [0.15, 0.2) is 12.7 Å². The first-order valence-corrected chi connectivity index (χ1v) is 16.3. The third-order valence-corrected chi connectivity index (χ3v) is 8.81. The summed E-state index contributed by atoms with van der Waals surface area (Å²) in [7, 11) is 0. The summed E-state index contributed by atoms with van der Waals surface area (Å²) in [5.74, 6) is -1.42. The Morgan fingerprint density at radius 3 is 2.15 bits per heavy atom. The highest BCUT2D eigenvalue weighted by Gasteiger charge is 2.46. The second kappa shape index (κ2) is 15.8. The largest absolute Gasteiger partial charge is 0.362 e. The fraction of sp³-hybridized carbons (Fsp3) is 0.676. The van der Waals surface area contributed by atoms with Gasteiger partial charge in [0, 0.05) is 25.6 Å². The van der Waals surface area contributed by atoms with Gasteiger partial charge in [0.05, 0.1) is 12.1 Å². The number of urea groups is 1. The van der Waals surface area contributed by atoms with Crippen molar-refractivity contribution < 1.29 is 38.3 Å². The minimum atomic E-state index is -1.12. The Morgan fingerprint density at radius 2 is 1.62 bits per heavy atom. The Kier molecular flexibility index (Phi) is 12.5. The van der Waals surface area contributed by atoms with E-state index in [4.69, 9.17) is 11.2 Å². The van der Waals surface area contributed by atoms with Crippen molar-refractivity contribution in [3.05, 3.63) is 12.7 Å². The Balaban J connectivity index is 1.79. The summed E-state index contributed by atoms with van der Waals surface area (Å²) in [6, 6.07) is -4.62. The van der Waals surface area contributed by atoms with E-state index in [1.54, 1.807) is 20.8 Å². The van der Waals surface area contributed by atoms with Crippen molar-refractivity contribution >= 4 is 41.4 Å². The fourth-order valence-electron chi connectivity index (χ4n) is 5.63. The molecule has 264 valence electrons. The average Bonchev–Trinajstić information content (AvgIpc) is 3.71. The summed E-state index contributed by atoms with van der Waals surface area (Å²) in [5, 5.41) is 10.8. The van der Waals surface area contributed by atoms with E-state index in [0.29, 0.717) is 6.42 Å². The van der Waals surface area contributed by atoms with E-state index in [9.17, 15) is 33.6 Å². The molecule has 0 radical (unpaired) electrons. The van der Waals surface area contributed by atoms with Crippen LogP contribution >= 0.6 is 0 Å². The number of ketones is 1. The lowest BCUT2D eigenvalue weighted by Gasteiger charge is -2.38. The lowest BCUT2D eigenvalue weighted by molar-refractivity contribution is -0.159. The van der Waals surface area contributed by atoms with Crippen molar-refractivity contribution in [1.29, 1.82) is 0 Å². The van der Waals surface area contributed by atoms with Crippen LogP contribution in [-0.2, 0) is 33.5 Å². The van der Waals surface area contributed by atoms with Crippen LogP contribution in [0.2, 0.25) is 0 Å². The van der Waals surface area contributed by atoms with Gasteiger partial charge in [0.1, 0.15) is 25.3 Å². The second-order valence-corrected chi connectivity index (χ2v) is 14.9. The number of carbonyl (C=O) groups excluding carboxylic acids is 7. The van der Waals surface area contributed by atoms with Gasteiger partial charge in [-0.3, -0.25) is 33.7 Å². The highest BCUT2D eigenvalue weighted by molar-refractivity contribution is 6.38. The maximum Gasteiger partial charge on any atom is 0.315 e. The van der Waals surface area contributed by atoms with Crippen LogP contribution in [0.4, 0.5) is 4.79 Å². The molecule has 0 spiro atoms. The molecule has 3 rings (SSSR count). The van der Waals surface area contributed by atoms with Crippen molar-refractivity contribution in [1.82, 2.24) is 31.1 Å². The van der Waals surface area contributed by atoms with E-state index in [1.807, 2.05) is 20.8 Å². The minimum absolute atomic E-state index is 0.0518. The number of morpholine rings is 1. The number of rotatable bonds is 13. The van der Waals surface area contributed by atoms with Crippen LogP contribution in [0.3, 0.4) is 0 Å². The molecule has 2 saturated heterocycles. The number of amides is 7. The third kappa shape index (κ3) is 10.1. The Bertz CT molecular complexity index is 1320. The zero-order chi connectivity index (χ0) is 36.0. The Hall–Kier alpha value is -4.25. The standard InChI is InChI=1S/C34H50N6O8/c1-9-13-35-30(45)27(43)22(14-21-11-12-21)36-29(44)23-15-20(10-2)16-39(23)31(46)28(34(6,7)8)38-32(47)37-24(33(3,4)5)17-40-25(41)18-48-19-26(40)42/h2,9,20-24,28H,1,11-19H2,3-8H3,(H,35,45)(H,36,44)(H2,37,38,47)/t20?,22?,23-,24+,28+/m0/s1. The van der Waals surface area contributed by atoms with Crippen LogP contribution in [0.5, 0.6) is 0 Å². The number of likely N-dealkylation sites (tertiary alicyclic amines) is 1. The van der Waals surface area contributed by atoms with Crippen LogP contribution < -0.4 is 21.3 Å². The number of nitrogens with zero attached hydrogens (tertiary/aromatic N) is 2. The maximum atomic E-state index is 14.2. The van der Waals surface area contributed by atoms with E-state index in [0.717, 1.165) is 17.7 Å². The fourth-order valence-corrected chi connectivity index (χ4v) is 5.63. The normalized spacial score (nSPS) is 21.8. The van der Waals surface area contributed by atoms with Crippen molar-refractivity contribution in [3.63, 3.8) is 0 Å². The summed E-state index contributed by atoms with van der Waals surface area (Å²) in [5.41, 5.74) is -1.42. The molecule has 0 aromatic carbocycles. The molecule has 7 amide bonds. The minimum Gasteiger partial charge on any atom is -0.362 e. The molecule has 14 heteroatoms. The summed E-state index contributed by atoms with van der Waals surface area (Å²) in [6.45, 7) is 13.9. The number of terminal acetylenes is 1. The maximum absolute atomic E-state index is 14.2. The van der Waals surface area contributed by atoms with Gasteiger partial charge in [0.15, 0.2) is 0 Å². The predicted octanol–water partition coefficient (Wildman–Crippen LogP) is 0.507. The summed E-state index contributed by atoms with van der Waals surface area (Å²) in [4.78, 5) is 94.0. The van der Waals surface area contributed by atoms with Gasteiger partial charge < -0.3 is 30.9 Å². The highest BCUT2D eigenvalue weighted by Crippen LogP contribution is 2.34. The molecule has 2 heterocycles. The molecule has 0 bridgehead atoms. The Morgan fingerprint density at radius 1 is 1.00 bits per heavy atom. The average molecular weight is 671 g/mol. The third-order valence-electron chi connectivity index (χ3n) is 8.81. The number of carbonyl (C=O) groups is 7. The summed E-state index contributed by atoms with van der Waals surface area (Å²) < 4.78 is 4.99. The zero-order valence-corrected chi connectivity index (χ0v) is 28.9. The second-order valence-electron chi connectivity index (χ2n) is 14.9. The number of ether oxygens (including phenoxy) is 1. The summed E-state index contributed by atoms with van der Waals surface area (Å²) in [6.07, 6.45) is 9.38. The molecular formula is C34H50N6O8. The number of imide groups is 1. The lowest BCUT2D eigenvalue weighted by atomic mass is 9.85. The van der Waals surface area contributed by atoms with Crippen LogP contribution in [0, 0.1) is 35.0 Å². The van der Waals surface area contributed by atoms with Crippen LogP contribution in [0.25, 0.3) is 0 Å². The molecule has 3 fully saturated rings.